The number of thioether (sulfide) groups is 1. The number of aromatic nitrogens is 5. The average Bonchev–Trinajstić information content (AvgIpc) is 3.24. The molecule has 0 unspecified atom stereocenters. The molecule has 5 N–H and O–H groups in total. The number of nitrogens with one attached hydrogen (secondary N) is 3. The number of hydrogen-bond acceptors (Lipinski definition) is 7. The first-order valence-electron chi connectivity index (χ1n) is 9.53. The Morgan fingerprint density at radius 3 is 2.56 bits per heavy atom. The molecule has 2 aromatic carbocycles. The number of nitrogens with two attached hydrogens (primary N) is 1. The van der Waals surface area contributed by atoms with Crippen molar-refractivity contribution >= 4 is 46.5 Å². The van der Waals surface area contributed by atoms with Gasteiger partial charge in [0.2, 0.25) is 11.1 Å². The number of aromatic amines is 1. The molecule has 0 aliphatic heterocycles. The molecule has 4 rings (SSSR count). The number of para-hydroxylation sites is 1. The van der Waals surface area contributed by atoms with Crippen molar-refractivity contribution in [2.75, 3.05) is 22.1 Å². The summed E-state index contributed by atoms with van der Waals surface area (Å²) >= 11 is 6.83. The highest BCUT2D eigenvalue weighted by Crippen LogP contribution is 2.18. The number of anilines is 3. The van der Waals surface area contributed by atoms with E-state index in [0.717, 1.165) is 22.5 Å². The van der Waals surface area contributed by atoms with E-state index in [1.54, 1.807) is 0 Å². The van der Waals surface area contributed by atoms with Crippen LogP contribution in [0.4, 0.5) is 17.5 Å². The molecular weight excluding hydrogens is 440 g/mol. The minimum Gasteiger partial charge on any atom is -0.368 e. The number of H-pyrrole nitrogens is 1. The van der Waals surface area contributed by atoms with Gasteiger partial charge in [0.15, 0.2) is 10.9 Å². The molecule has 32 heavy (non-hydrogen) atoms. The number of nitrogen functional groups attached to an aromatic ring is 1. The maximum absolute atomic E-state index is 5.52. The molecule has 2 aromatic heterocycles. The third-order valence-electron chi connectivity index (χ3n) is 4.13. The Kier molecular flexibility index (Phi) is 6.91. The molecule has 0 amide bonds. The fraction of sp³-hybridized carbons (Fsp3) is 0.0455. The van der Waals surface area contributed by atoms with Crippen LogP contribution in [-0.2, 0) is 0 Å². The van der Waals surface area contributed by atoms with Crippen molar-refractivity contribution in [2.24, 2.45) is 0 Å². The smallest absolute Gasteiger partial charge is 0.216 e. The maximum atomic E-state index is 5.52. The fourth-order valence-electron chi connectivity index (χ4n) is 2.69. The summed E-state index contributed by atoms with van der Waals surface area (Å²) in [4.78, 5) is 4.03. The molecule has 0 aliphatic carbocycles. The van der Waals surface area contributed by atoms with Gasteiger partial charge < -0.3 is 16.4 Å². The minimum atomic E-state index is 0.287. The van der Waals surface area contributed by atoms with E-state index in [1.807, 2.05) is 66.7 Å². The van der Waals surface area contributed by atoms with Gasteiger partial charge in [-0.2, -0.15) is 4.98 Å². The van der Waals surface area contributed by atoms with E-state index in [1.165, 1.54) is 11.8 Å². The van der Waals surface area contributed by atoms with Crippen molar-refractivity contribution in [1.29, 1.82) is 0 Å². The fourth-order valence-corrected chi connectivity index (χ4v) is 3.45. The summed E-state index contributed by atoms with van der Waals surface area (Å²) < 4.78 is 0. The number of nitrogens with zero attached hydrogens (tertiary/aromatic N) is 4. The lowest BCUT2D eigenvalue weighted by atomic mass is 10.1. The summed E-state index contributed by atoms with van der Waals surface area (Å²) in [7, 11) is 0. The zero-order valence-electron chi connectivity index (χ0n) is 16.7. The van der Waals surface area contributed by atoms with E-state index in [0.29, 0.717) is 21.8 Å². The van der Waals surface area contributed by atoms with Gasteiger partial charge in [-0.15, -0.1) is 15.3 Å². The highest BCUT2D eigenvalue weighted by atomic mass is 32.2. The summed E-state index contributed by atoms with van der Waals surface area (Å²) in [5.74, 6) is 7.60. The van der Waals surface area contributed by atoms with Gasteiger partial charge in [-0.05, 0) is 36.5 Å². The number of thiocarbonyl (C=S) groups is 1. The molecule has 2 heterocycles. The van der Waals surface area contributed by atoms with Gasteiger partial charge in [0.05, 0.1) is 17.1 Å². The van der Waals surface area contributed by atoms with Gasteiger partial charge in [0.25, 0.3) is 0 Å². The Morgan fingerprint density at radius 1 is 1.00 bits per heavy atom. The molecule has 0 saturated carbocycles. The Labute approximate surface area is 194 Å². The molecule has 8 nitrogen and oxygen atoms in total. The zero-order chi connectivity index (χ0) is 22.2. The predicted octanol–water partition coefficient (Wildman–Crippen LogP) is 3.80. The maximum Gasteiger partial charge on any atom is 0.216 e. The lowest BCUT2D eigenvalue weighted by Gasteiger charge is -2.11. The summed E-state index contributed by atoms with van der Waals surface area (Å²) in [5, 5.41) is 22.2. The number of benzene rings is 2. The van der Waals surface area contributed by atoms with Gasteiger partial charge in [-0.3, -0.25) is 0 Å². The first-order chi connectivity index (χ1) is 15.7. The van der Waals surface area contributed by atoms with Gasteiger partial charge in [0, 0.05) is 11.1 Å². The summed E-state index contributed by atoms with van der Waals surface area (Å²) in [6, 6.07) is 21.3. The third kappa shape index (κ3) is 5.81. The Hall–Kier alpha value is -3.94. The van der Waals surface area contributed by atoms with Crippen LogP contribution in [0, 0.1) is 11.8 Å². The number of rotatable bonds is 5. The van der Waals surface area contributed by atoms with Crippen molar-refractivity contribution in [3.05, 3.63) is 72.3 Å². The van der Waals surface area contributed by atoms with Crippen LogP contribution in [0.1, 0.15) is 5.56 Å². The van der Waals surface area contributed by atoms with Crippen molar-refractivity contribution in [1.82, 2.24) is 25.4 Å². The van der Waals surface area contributed by atoms with Crippen LogP contribution in [0.25, 0.3) is 11.3 Å². The second-order valence-corrected chi connectivity index (χ2v) is 7.74. The standard InChI is InChI=1S/C22H18N8S2/c23-20-26-22(30-29-20)32-14-6-10-15-9-4-5-11-17(15)24-21(31)25-19-13-12-18(27-28-19)16-7-2-1-3-8-16/h1-5,7-9,11-13H,14H2,(H3,23,26,29,30)(H2,24,25,28,31). The molecule has 0 atom stereocenters. The third-order valence-corrected chi connectivity index (χ3v) is 5.06. The normalized spacial score (nSPS) is 10.1. The molecule has 10 heteroatoms. The van der Waals surface area contributed by atoms with Gasteiger partial charge in [-0.25, -0.2) is 5.10 Å². The average molecular weight is 459 g/mol. The molecule has 0 aliphatic rings. The Bertz CT molecular complexity index is 1260. The SMILES string of the molecule is Nc1nc(SCC#Cc2ccccc2NC(=S)Nc2ccc(-c3ccccc3)nn2)n[nH]1. The van der Waals surface area contributed by atoms with Crippen molar-refractivity contribution in [3.8, 4) is 23.1 Å². The summed E-state index contributed by atoms with van der Waals surface area (Å²) in [6.07, 6.45) is 0. The monoisotopic (exact) mass is 458 g/mol. The van der Waals surface area contributed by atoms with Crippen LogP contribution in [0.5, 0.6) is 0 Å². The highest BCUT2D eigenvalue weighted by molar-refractivity contribution is 7.99. The Morgan fingerprint density at radius 2 is 1.81 bits per heavy atom. The van der Waals surface area contributed by atoms with Crippen LogP contribution in [-0.4, -0.2) is 36.2 Å². The van der Waals surface area contributed by atoms with E-state index in [2.05, 4.69) is 47.9 Å². The van der Waals surface area contributed by atoms with E-state index < -0.39 is 0 Å². The van der Waals surface area contributed by atoms with E-state index in [9.17, 15) is 0 Å². The van der Waals surface area contributed by atoms with Crippen molar-refractivity contribution in [2.45, 2.75) is 5.16 Å². The van der Waals surface area contributed by atoms with E-state index in [4.69, 9.17) is 18.0 Å². The van der Waals surface area contributed by atoms with Crippen molar-refractivity contribution < 1.29 is 0 Å². The largest absolute Gasteiger partial charge is 0.368 e. The van der Waals surface area contributed by atoms with Gasteiger partial charge in [0.1, 0.15) is 0 Å². The Balaban J connectivity index is 1.36. The molecular formula is C22H18N8S2. The lowest BCUT2D eigenvalue weighted by molar-refractivity contribution is 0.976. The summed E-state index contributed by atoms with van der Waals surface area (Å²) in [5.41, 5.74) is 8.92. The highest BCUT2D eigenvalue weighted by Gasteiger charge is 2.05. The van der Waals surface area contributed by atoms with Crippen LogP contribution in [0.3, 0.4) is 0 Å². The van der Waals surface area contributed by atoms with E-state index in [-0.39, 0.29) is 5.95 Å². The zero-order valence-corrected chi connectivity index (χ0v) is 18.4. The van der Waals surface area contributed by atoms with E-state index >= 15 is 0 Å². The van der Waals surface area contributed by atoms with Crippen LogP contribution < -0.4 is 16.4 Å². The molecule has 4 aromatic rings. The molecule has 0 fully saturated rings. The quantitative estimate of drug-likeness (QED) is 0.201. The number of hydrogen-bond donors (Lipinski definition) is 4. The minimum absolute atomic E-state index is 0.287. The van der Waals surface area contributed by atoms with Crippen LogP contribution in [0.2, 0.25) is 0 Å². The molecule has 0 radical (unpaired) electrons. The van der Waals surface area contributed by atoms with Gasteiger partial charge >= 0.3 is 0 Å². The lowest BCUT2D eigenvalue weighted by Crippen LogP contribution is -2.20. The van der Waals surface area contributed by atoms with Crippen molar-refractivity contribution in [3.63, 3.8) is 0 Å². The first kappa shape index (κ1) is 21.3. The topological polar surface area (TPSA) is 117 Å². The van der Waals surface area contributed by atoms with Crippen LogP contribution >= 0.6 is 24.0 Å². The molecule has 0 spiro atoms. The molecule has 0 bridgehead atoms. The molecule has 0 saturated heterocycles. The van der Waals surface area contributed by atoms with Gasteiger partial charge in [-0.1, -0.05) is 66.1 Å². The predicted molar refractivity (Wildman–Crippen MR) is 132 cm³/mol. The molecule has 158 valence electrons. The summed E-state index contributed by atoms with van der Waals surface area (Å²) in [6.45, 7) is 0. The second-order valence-electron chi connectivity index (χ2n) is 6.39. The second kappa shape index (κ2) is 10.4. The first-order valence-corrected chi connectivity index (χ1v) is 10.9. The van der Waals surface area contributed by atoms with Crippen LogP contribution in [0.15, 0.2) is 71.9 Å².